The Kier molecular flexibility index (Phi) is 7.34. The number of rotatable bonds is 8. The molecule has 1 amide bonds. The fraction of sp³-hybridized carbons (Fsp3) is 0.435. The number of hydrogen-bond acceptors (Lipinski definition) is 8. The Balaban J connectivity index is 1.44. The molecule has 2 aromatic heterocycles. The Hall–Kier alpha value is -2.76. The molecule has 0 spiro atoms. The second kappa shape index (κ2) is 10.2. The number of hydrogen-bond donors (Lipinski definition) is 4. The number of pyridine rings is 1. The fourth-order valence-corrected chi connectivity index (χ4v) is 5.69. The molecule has 4 N–H and O–H groups in total. The minimum atomic E-state index is -3.22. The second-order valence-electron chi connectivity index (χ2n) is 8.99. The number of aromatic nitrogens is 2. The monoisotopic (exact) mass is 502 g/mol. The lowest BCUT2D eigenvalue weighted by atomic mass is 9.91. The van der Waals surface area contributed by atoms with Crippen molar-refractivity contribution in [3.63, 3.8) is 0 Å². The summed E-state index contributed by atoms with van der Waals surface area (Å²) < 4.78 is 26.7. The molecule has 1 aromatic carbocycles. The number of nitrogens with zero attached hydrogens (tertiary/aromatic N) is 2. The number of sulfonamides is 1. The van der Waals surface area contributed by atoms with E-state index in [0.717, 1.165) is 28.7 Å². The number of amides is 1. The number of carbonyl (C=O) groups is 1. The van der Waals surface area contributed by atoms with Crippen LogP contribution in [0.25, 0.3) is 10.2 Å². The molecule has 0 aliphatic heterocycles. The van der Waals surface area contributed by atoms with Crippen LogP contribution >= 0.6 is 11.3 Å². The zero-order valence-corrected chi connectivity index (χ0v) is 21.1. The number of thiazole rings is 1. The van der Waals surface area contributed by atoms with E-state index in [1.807, 2.05) is 43.6 Å². The molecule has 1 aliphatic rings. The molecule has 182 valence electrons. The third-order valence-electron chi connectivity index (χ3n) is 5.64. The molecule has 0 atom stereocenters. The summed E-state index contributed by atoms with van der Waals surface area (Å²) in [6.07, 6.45) is 5.59. The van der Waals surface area contributed by atoms with Gasteiger partial charge < -0.3 is 16.0 Å². The molecule has 1 fully saturated rings. The number of carbonyl (C=O) groups excluding carboxylic acids is 1. The van der Waals surface area contributed by atoms with E-state index in [4.69, 9.17) is 0 Å². The largest absolute Gasteiger partial charge is 0.382 e. The van der Waals surface area contributed by atoms with Crippen molar-refractivity contribution in [2.45, 2.75) is 57.7 Å². The molecule has 1 aliphatic carbocycles. The fourth-order valence-electron chi connectivity index (χ4n) is 4.14. The van der Waals surface area contributed by atoms with Crippen LogP contribution in [0.15, 0.2) is 36.0 Å². The summed E-state index contributed by atoms with van der Waals surface area (Å²) in [6, 6.07) is 7.85. The van der Waals surface area contributed by atoms with Crippen LogP contribution in [-0.4, -0.2) is 48.7 Å². The minimum Gasteiger partial charge on any atom is -0.382 e. The van der Waals surface area contributed by atoms with Gasteiger partial charge in [-0.15, -0.1) is 11.3 Å². The Morgan fingerprint density at radius 3 is 2.53 bits per heavy atom. The third-order valence-corrected chi connectivity index (χ3v) is 7.19. The first kappa shape index (κ1) is 24.4. The number of benzene rings is 1. The van der Waals surface area contributed by atoms with Gasteiger partial charge in [0.1, 0.15) is 5.82 Å². The van der Waals surface area contributed by atoms with Crippen LogP contribution in [0.2, 0.25) is 0 Å². The molecule has 0 unspecified atom stereocenters. The molecular formula is C23H30N6O3S2. The zero-order valence-electron chi connectivity index (χ0n) is 19.5. The van der Waals surface area contributed by atoms with Crippen molar-refractivity contribution in [2.24, 2.45) is 0 Å². The summed E-state index contributed by atoms with van der Waals surface area (Å²) in [5.41, 5.74) is 4.86. The average Bonchev–Trinajstić information content (AvgIpc) is 3.22. The van der Waals surface area contributed by atoms with Gasteiger partial charge in [-0.1, -0.05) is 0 Å². The minimum absolute atomic E-state index is 0.000874. The summed E-state index contributed by atoms with van der Waals surface area (Å²) in [5, 5.41) is 9.76. The van der Waals surface area contributed by atoms with Crippen molar-refractivity contribution in [1.29, 1.82) is 0 Å². The zero-order chi connectivity index (χ0) is 24.3. The molecule has 0 saturated heterocycles. The van der Waals surface area contributed by atoms with E-state index >= 15 is 0 Å². The highest BCUT2D eigenvalue weighted by atomic mass is 32.2. The summed E-state index contributed by atoms with van der Waals surface area (Å²) >= 11 is 1.58. The van der Waals surface area contributed by atoms with Gasteiger partial charge in [0, 0.05) is 36.1 Å². The van der Waals surface area contributed by atoms with Gasteiger partial charge in [0.2, 0.25) is 10.0 Å². The summed E-state index contributed by atoms with van der Waals surface area (Å²) in [6.45, 7) is 4.03. The van der Waals surface area contributed by atoms with Crippen molar-refractivity contribution in [1.82, 2.24) is 20.0 Å². The van der Waals surface area contributed by atoms with E-state index in [-0.39, 0.29) is 24.0 Å². The number of fused-ring (bicyclic) bond motifs is 1. The van der Waals surface area contributed by atoms with Crippen LogP contribution in [0.4, 0.5) is 17.2 Å². The van der Waals surface area contributed by atoms with Crippen LogP contribution in [0.5, 0.6) is 0 Å². The van der Waals surface area contributed by atoms with Crippen molar-refractivity contribution in [2.75, 3.05) is 16.9 Å². The predicted octanol–water partition coefficient (Wildman–Crippen LogP) is 3.85. The van der Waals surface area contributed by atoms with Crippen molar-refractivity contribution < 1.29 is 13.2 Å². The van der Waals surface area contributed by atoms with Crippen LogP contribution in [0.3, 0.4) is 0 Å². The van der Waals surface area contributed by atoms with E-state index in [1.54, 1.807) is 17.5 Å². The molecule has 34 heavy (non-hydrogen) atoms. The molecule has 0 bridgehead atoms. The van der Waals surface area contributed by atoms with Gasteiger partial charge in [-0.3, -0.25) is 4.79 Å². The molecule has 11 heteroatoms. The maximum absolute atomic E-state index is 13.1. The van der Waals surface area contributed by atoms with Gasteiger partial charge in [-0.05, 0) is 57.7 Å². The summed E-state index contributed by atoms with van der Waals surface area (Å²) in [5.74, 6) is 0.448. The molecule has 2 heterocycles. The van der Waals surface area contributed by atoms with E-state index in [9.17, 15) is 13.2 Å². The maximum Gasteiger partial charge on any atom is 0.255 e. The lowest BCUT2D eigenvalue weighted by Crippen LogP contribution is -2.43. The lowest BCUT2D eigenvalue weighted by molar-refractivity contribution is 0.0925. The van der Waals surface area contributed by atoms with Gasteiger partial charge >= 0.3 is 0 Å². The predicted molar refractivity (Wildman–Crippen MR) is 137 cm³/mol. The molecule has 4 rings (SSSR count). The summed E-state index contributed by atoms with van der Waals surface area (Å²) in [7, 11) is -3.22. The second-order valence-corrected chi connectivity index (χ2v) is 11.7. The third kappa shape index (κ3) is 6.43. The average molecular weight is 503 g/mol. The maximum atomic E-state index is 13.1. The normalized spacial score (nSPS) is 18.7. The Morgan fingerprint density at radius 1 is 1.09 bits per heavy atom. The van der Waals surface area contributed by atoms with Crippen molar-refractivity contribution in [3.8, 4) is 0 Å². The van der Waals surface area contributed by atoms with E-state index < -0.39 is 10.0 Å². The van der Waals surface area contributed by atoms with Gasteiger partial charge in [0.25, 0.3) is 5.91 Å². The van der Waals surface area contributed by atoms with Crippen LogP contribution in [0.1, 0.15) is 49.9 Å². The smallest absolute Gasteiger partial charge is 0.255 e. The quantitative estimate of drug-likeness (QED) is 0.369. The van der Waals surface area contributed by atoms with Crippen LogP contribution < -0.4 is 20.7 Å². The van der Waals surface area contributed by atoms with Crippen LogP contribution in [-0.2, 0) is 10.0 Å². The van der Waals surface area contributed by atoms with Gasteiger partial charge in [0.05, 0.1) is 33.2 Å². The van der Waals surface area contributed by atoms with Crippen molar-refractivity contribution in [3.05, 3.63) is 41.5 Å². The molecular weight excluding hydrogens is 472 g/mol. The SMILES string of the molecule is CC(C)Nc1cc(Nc2ccc3ncsc3c2)ncc1C(=O)NC1CCC(NS(C)(=O)=O)CC1. The summed E-state index contributed by atoms with van der Waals surface area (Å²) in [4.78, 5) is 21.9. The Morgan fingerprint density at radius 2 is 1.82 bits per heavy atom. The van der Waals surface area contributed by atoms with Gasteiger partial charge in [0.15, 0.2) is 0 Å². The first-order chi connectivity index (χ1) is 16.2. The van der Waals surface area contributed by atoms with Gasteiger partial charge in [-0.25, -0.2) is 23.1 Å². The highest BCUT2D eigenvalue weighted by Crippen LogP contribution is 2.27. The van der Waals surface area contributed by atoms with E-state index in [0.29, 0.717) is 29.9 Å². The number of anilines is 3. The Labute approximate surface area is 203 Å². The first-order valence-electron chi connectivity index (χ1n) is 11.3. The topological polar surface area (TPSA) is 125 Å². The first-order valence-corrected chi connectivity index (χ1v) is 14.1. The van der Waals surface area contributed by atoms with E-state index in [2.05, 4.69) is 30.6 Å². The number of nitrogens with one attached hydrogen (secondary N) is 4. The highest BCUT2D eigenvalue weighted by molar-refractivity contribution is 7.88. The highest BCUT2D eigenvalue weighted by Gasteiger charge is 2.25. The molecule has 9 nitrogen and oxygen atoms in total. The molecule has 0 radical (unpaired) electrons. The van der Waals surface area contributed by atoms with Gasteiger partial charge in [-0.2, -0.15) is 0 Å². The van der Waals surface area contributed by atoms with Crippen molar-refractivity contribution >= 4 is 54.7 Å². The molecule has 1 saturated carbocycles. The molecule has 3 aromatic rings. The Bertz CT molecular complexity index is 1270. The standard InChI is InChI=1S/C23H30N6O3S2/c1-14(2)26-20-11-22(27-17-8-9-19-21(10-17)33-13-25-19)24-12-18(20)23(30)28-15-4-6-16(7-5-15)29-34(3,31)32/h8-16,29H,4-7H2,1-3H3,(H,28,30)(H2,24,26,27). The lowest BCUT2D eigenvalue weighted by Gasteiger charge is -2.29. The van der Waals surface area contributed by atoms with E-state index in [1.165, 1.54) is 6.26 Å². The van der Waals surface area contributed by atoms with Crippen LogP contribution in [0, 0.1) is 0 Å².